The predicted octanol–water partition coefficient (Wildman–Crippen LogP) is 5.17. The maximum absolute atomic E-state index is 12.0. The molecule has 1 aromatic heterocycles. The number of benzene rings is 3. The summed E-state index contributed by atoms with van der Waals surface area (Å²) in [5.41, 5.74) is 2.85. The molecule has 4 rings (SSSR count). The Kier molecular flexibility index (Phi) is 4.77. The van der Waals surface area contributed by atoms with Crippen molar-refractivity contribution in [3.8, 4) is 17.2 Å². The van der Waals surface area contributed by atoms with Crippen LogP contribution >= 0.6 is 11.6 Å². The number of rotatable bonds is 5. The fourth-order valence-corrected chi connectivity index (χ4v) is 2.75. The summed E-state index contributed by atoms with van der Waals surface area (Å²) in [6, 6.07) is 21.7. The minimum Gasteiger partial charge on any atom is -0.484 e. The van der Waals surface area contributed by atoms with Crippen molar-refractivity contribution >= 4 is 34.3 Å². The summed E-state index contributed by atoms with van der Waals surface area (Å²) < 4.78 is 11.2. The minimum atomic E-state index is -0.233. The number of fused-ring (bicyclic) bond motifs is 1. The quantitative estimate of drug-likeness (QED) is 0.520. The molecule has 1 heterocycles. The molecule has 4 aromatic rings. The van der Waals surface area contributed by atoms with Crippen LogP contribution in [0.4, 0.5) is 5.69 Å². The molecule has 0 bridgehead atoms. The van der Waals surface area contributed by atoms with Crippen LogP contribution in [0.3, 0.4) is 0 Å². The molecule has 27 heavy (non-hydrogen) atoms. The Morgan fingerprint density at radius 1 is 1.04 bits per heavy atom. The largest absolute Gasteiger partial charge is 0.484 e. The highest BCUT2D eigenvalue weighted by atomic mass is 35.5. The fourth-order valence-electron chi connectivity index (χ4n) is 2.58. The van der Waals surface area contributed by atoms with Gasteiger partial charge in [-0.15, -0.1) is 0 Å². The van der Waals surface area contributed by atoms with Gasteiger partial charge in [0.1, 0.15) is 11.3 Å². The lowest BCUT2D eigenvalue weighted by molar-refractivity contribution is -0.118. The predicted molar refractivity (Wildman–Crippen MR) is 105 cm³/mol. The van der Waals surface area contributed by atoms with Gasteiger partial charge in [-0.1, -0.05) is 29.8 Å². The number of carbonyl (C=O) groups is 1. The van der Waals surface area contributed by atoms with Gasteiger partial charge in [0.25, 0.3) is 5.91 Å². The lowest BCUT2D eigenvalue weighted by atomic mass is 10.2. The molecule has 0 unspecified atom stereocenters. The molecule has 0 spiro atoms. The molecule has 0 aliphatic rings. The first kappa shape index (κ1) is 17.1. The van der Waals surface area contributed by atoms with Crippen molar-refractivity contribution in [2.45, 2.75) is 0 Å². The number of anilines is 1. The van der Waals surface area contributed by atoms with Crippen molar-refractivity contribution < 1.29 is 13.9 Å². The number of hydrogen-bond donors (Lipinski definition) is 1. The molecule has 6 heteroatoms. The van der Waals surface area contributed by atoms with Crippen LogP contribution in [0.15, 0.2) is 77.2 Å². The third-order valence-electron chi connectivity index (χ3n) is 3.88. The van der Waals surface area contributed by atoms with Gasteiger partial charge in [-0.3, -0.25) is 4.79 Å². The first-order valence-corrected chi connectivity index (χ1v) is 8.69. The highest BCUT2D eigenvalue weighted by molar-refractivity contribution is 6.31. The molecule has 0 saturated heterocycles. The number of nitrogens with one attached hydrogen (secondary N) is 1. The van der Waals surface area contributed by atoms with E-state index < -0.39 is 0 Å². The second kappa shape index (κ2) is 7.51. The number of aromatic nitrogens is 1. The van der Waals surface area contributed by atoms with Gasteiger partial charge >= 0.3 is 0 Å². The Balaban J connectivity index is 1.41. The number of para-hydroxylation sites is 1. The van der Waals surface area contributed by atoms with E-state index in [4.69, 9.17) is 20.8 Å². The number of hydrogen-bond acceptors (Lipinski definition) is 4. The summed E-state index contributed by atoms with van der Waals surface area (Å²) in [6.07, 6.45) is 0. The minimum absolute atomic E-state index is 0.0579. The van der Waals surface area contributed by atoms with E-state index in [9.17, 15) is 4.79 Å². The normalized spacial score (nSPS) is 10.7. The summed E-state index contributed by atoms with van der Waals surface area (Å²) in [4.78, 5) is 16.4. The van der Waals surface area contributed by atoms with Crippen molar-refractivity contribution in [2.24, 2.45) is 0 Å². The zero-order valence-electron chi connectivity index (χ0n) is 14.2. The maximum Gasteiger partial charge on any atom is 0.262 e. The zero-order chi connectivity index (χ0) is 18.6. The lowest BCUT2D eigenvalue weighted by Crippen LogP contribution is -2.20. The number of ether oxygens (including phenoxy) is 1. The van der Waals surface area contributed by atoms with Gasteiger partial charge in [0.05, 0.1) is 0 Å². The molecule has 1 amide bonds. The Labute approximate surface area is 160 Å². The molecule has 0 radical (unpaired) electrons. The monoisotopic (exact) mass is 378 g/mol. The van der Waals surface area contributed by atoms with Crippen LogP contribution in [-0.2, 0) is 4.79 Å². The van der Waals surface area contributed by atoms with Crippen LogP contribution in [0.1, 0.15) is 0 Å². The van der Waals surface area contributed by atoms with Crippen molar-refractivity contribution in [2.75, 3.05) is 11.9 Å². The molecule has 3 aromatic carbocycles. The van der Waals surface area contributed by atoms with Crippen LogP contribution in [0, 0.1) is 0 Å². The van der Waals surface area contributed by atoms with Crippen molar-refractivity contribution in [3.05, 3.63) is 77.8 Å². The third kappa shape index (κ3) is 4.10. The number of oxazole rings is 1. The van der Waals surface area contributed by atoms with Crippen LogP contribution in [0.25, 0.3) is 22.6 Å². The molecule has 0 atom stereocenters. The molecule has 5 nitrogen and oxygen atoms in total. The fraction of sp³-hybridized carbons (Fsp3) is 0.0476. The molecule has 0 aliphatic carbocycles. The molecular weight excluding hydrogens is 364 g/mol. The SMILES string of the molecule is O=C(COc1ccccc1)Nc1ccc(-c2nc3cc(Cl)ccc3o2)cc1. The van der Waals surface area contributed by atoms with Crippen molar-refractivity contribution in [3.63, 3.8) is 0 Å². The van der Waals surface area contributed by atoms with E-state index in [2.05, 4.69) is 10.3 Å². The van der Waals surface area contributed by atoms with Crippen molar-refractivity contribution in [1.82, 2.24) is 4.98 Å². The molecule has 0 saturated carbocycles. The summed E-state index contributed by atoms with van der Waals surface area (Å²) in [6.45, 7) is -0.0579. The van der Waals surface area contributed by atoms with Gasteiger partial charge in [0.2, 0.25) is 5.89 Å². The Morgan fingerprint density at radius 2 is 1.81 bits per heavy atom. The van der Waals surface area contributed by atoms with E-state index in [0.717, 1.165) is 5.56 Å². The van der Waals surface area contributed by atoms with Gasteiger partial charge in [0, 0.05) is 16.3 Å². The van der Waals surface area contributed by atoms with Crippen LogP contribution in [0.2, 0.25) is 5.02 Å². The second-order valence-electron chi connectivity index (χ2n) is 5.86. The average Bonchev–Trinajstić information content (AvgIpc) is 3.11. The van der Waals surface area contributed by atoms with E-state index >= 15 is 0 Å². The van der Waals surface area contributed by atoms with E-state index in [1.165, 1.54) is 0 Å². The topological polar surface area (TPSA) is 64.4 Å². The Morgan fingerprint density at radius 3 is 2.59 bits per heavy atom. The number of nitrogens with zero attached hydrogens (tertiary/aromatic N) is 1. The zero-order valence-corrected chi connectivity index (χ0v) is 14.9. The number of carbonyl (C=O) groups excluding carboxylic acids is 1. The van der Waals surface area contributed by atoms with Crippen molar-refractivity contribution in [1.29, 1.82) is 0 Å². The van der Waals surface area contributed by atoms with E-state index in [-0.39, 0.29) is 12.5 Å². The van der Waals surface area contributed by atoms with Crippen LogP contribution in [0.5, 0.6) is 5.75 Å². The molecule has 0 aliphatic heterocycles. The highest BCUT2D eigenvalue weighted by Gasteiger charge is 2.09. The van der Waals surface area contributed by atoms with E-state index in [0.29, 0.717) is 33.4 Å². The standard InChI is InChI=1S/C21H15ClN2O3/c22-15-8-11-19-18(12-15)24-21(27-19)14-6-9-16(10-7-14)23-20(25)13-26-17-4-2-1-3-5-17/h1-12H,13H2,(H,23,25). The van der Waals surface area contributed by atoms with Crippen LogP contribution < -0.4 is 10.1 Å². The number of amides is 1. The molecule has 134 valence electrons. The first-order valence-electron chi connectivity index (χ1n) is 8.32. The molecule has 1 N–H and O–H groups in total. The Hall–Kier alpha value is -3.31. The summed E-state index contributed by atoms with van der Waals surface area (Å²) in [5, 5.41) is 3.40. The highest BCUT2D eigenvalue weighted by Crippen LogP contribution is 2.27. The van der Waals surface area contributed by atoms with Gasteiger partial charge in [-0.25, -0.2) is 4.98 Å². The first-order chi connectivity index (χ1) is 13.2. The van der Waals surface area contributed by atoms with Gasteiger partial charge in [-0.2, -0.15) is 0 Å². The molecular formula is C21H15ClN2O3. The smallest absolute Gasteiger partial charge is 0.262 e. The summed E-state index contributed by atoms with van der Waals surface area (Å²) in [5.74, 6) is 0.916. The Bertz CT molecular complexity index is 1080. The summed E-state index contributed by atoms with van der Waals surface area (Å²) >= 11 is 5.98. The van der Waals surface area contributed by atoms with Gasteiger partial charge in [0.15, 0.2) is 12.2 Å². The van der Waals surface area contributed by atoms with E-state index in [1.54, 1.807) is 42.5 Å². The lowest BCUT2D eigenvalue weighted by Gasteiger charge is -2.07. The second-order valence-corrected chi connectivity index (χ2v) is 6.29. The maximum atomic E-state index is 12.0. The van der Waals surface area contributed by atoms with Gasteiger partial charge < -0.3 is 14.5 Å². The molecule has 0 fully saturated rings. The average molecular weight is 379 g/mol. The third-order valence-corrected chi connectivity index (χ3v) is 4.11. The summed E-state index contributed by atoms with van der Waals surface area (Å²) in [7, 11) is 0. The van der Waals surface area contributed by atoms with E-state index in [1.807, 2.05) is 30.3 Å². The number of halogens is 1. The van der Waals surface area contributed by atoms with Gasteiger partial charge in [-0.05, 0) is 54.6 Å². The van der Waals surface area contributed by atoms with Crippen LogP contribution in [-0.4, -0.2) is 17.5 Å².